The molecule has 0 amide bonds. The molecule has 0 aromatic heterocycles. The second-order valence-electron chi connectivity index (χ2n) is 7.78. The molecule has 0 atom stereocenters. The predicted octanol–water partition coefficient (Wildman–Crippen LogP) is 4.16. The summed E-state index contributed by atoms with van der Waals surface area (Å²) < 4.78 is 100. The smallest absolute Gasteiger partial charge is 0.493 e. The lowest BCUT2D eigenvalue weighted by Gasteiger charge is -2.19. The van der Waals surface area contributed by atoms with E-state index in [0.717, 1.165) is 0 Å². The molecule has 10 nitrogen and oxygen atoms in total. The largest absolute Gasteiger partial charge is 0.534 e. The van der Waals surface area contributed by atoms with E-state index >= 15 is 0 Å². The van der Waals surface area contributed by atoms with Crippen LogP contribution in [-0.2, 0) is 21.5 Å². The van der Waals surface area contributed by atoms with Gasteiger partial charge in [-0.2, -0.15) is 21.6 Å². The Morgan fingerprint density at radius 2 is 1.41 bits per heavy atom. The molecule has 0 bridgehead atoms. The van der Waals surface area contributed by atoms with E-state index in [1.807, 2.05) is 0 Å². The summed E-state index contributed by atoms with van der Waals surface area (Å²) in [5, 5.41) is 0.0429. The number of halogens is 3. The van der Waals surface area contributed by atoms with Crippen LogP contribution in [-0.4, -0.2) is 48.0 Å². The minimum absolute atomic E-state index is 0.0853. The molecule has 14 heteroatoms. The van der Waals surface area contributed by atoms with Crippen molar-refractivity contribution < 1.29 is 59.0 Å². The minimum Gasteiger partial charge on any atom is -0.493 e. The Bertz CT molecular complexity index is 1540. The molecule has 0 fully saturated rings. The number of carbonyl (C=O) groups is 1. The fourth-order valence-electron chi connectivity index (χ4n) is 4.25. The van der Waals surface area contributed by atoms with Gasteiger partial charge in [0.05, 0.1) is 26.9 Å². The van der Waals surface area contributed by atoms with Gasteiger partial charge < -0.3 is 32.6 Å². The van der Waals surface area contributed by atoms with Crippen LogP contribution in [0.4, 0.5) is 13.2 Å². The summed E-state index contributed by atoms with van der Waals surface area (Å²) >= 11 is 0. The second-order valence-corrected chi connectivity index (χ2v) is 9.32. The lowest BCUT2D eigenvalue weighted by molar-refractivity contribution is -0.0500. The summed E-state index contributed by atoms with van der Waals surface area (Å²) in [7, 11) is -1.93. The summed E-state index contributed by atoms with van der Waals surface area (Å²) in [4.78, 5) is 12.9. The van der Waals surface area contributed by atoms with E-state index in [1.54, 1.807) is 0 Å². The number of methoxy groups -OCH3 is 3. The standard InChI is InChI=1S/C23H17F3O10S/c1-30-16-4-10(5-17(31-2)21(16)32-3)18-11-6-14-15(35-9-34-14)7-12(11)20(13-8-33-22(27)19(13)18)36-37(28,29)23(24,25)26/h4-7H,8-9H2,1-3H3. The van der Waals surface area contributed by atoms with E-state index in [4.69, 9.17) is 28.4 Å². The van der Waals surface area contributed by atoms with Gasteiger partial charge in [-0.25, -0.2) is 4.79 Å². The predicted molar refractivity (Wildman–Crippen MR) is 120 cm³/mol. The van der Waals surface area contributed by atoms with E-state index in [-0.39, 0.29) is 63.0 Å². The number of alkyl halides is 3. The van der Waals surface area contributed by atoms with Crippen molar-refractivity contribution in [3.63, 3.8) is 0 Å². The fraction of sp³-hybridized carbons (Fsp3) is 0.261. The third-order valence-electron chi connectivity index (χ3n) is 5.83. The third-order valence-corrected chi connectivity index (χ3v) is 6.79. The molecule has 0 N–H and O–H groups in total. The summed E-state index contributed by atoms with van der Waals surface area (Å²) in [5.74, 6) is -0.530. The molecule has 0 radical (unpaired) electrons. The number of esters is 1. The van der Waals surface area contributed by atoms with Crippen molar-refractivity contribution in [3.05, 3.63) is 35.4 Å². The molecule has 0 saturated carbocycles. The summed E-state index contributed by atoms with van der Waals surface area (Å²) in [6.07, 6.45) is 0. The molecule has 0 unspecified atom stereocenters. The first-order valence-electron chi connectivity index (χ1n) is 10.4. The average Bonchev–Trinajstić information content (AvgIpc) is 3.47. The second kappa shape index (κ2) is 8.50. The van der Waals surface area contributed by atoms with Crippen molar-refractivity contribution in [1.29, 1.82) is 0 Å². The first-order chi connectivity index (χ1) is 17.5. The van der Waals surface area contributed by atoms with Crippen LogP contribution < -0.4 is 27.9 Å². The van der Waals surface area contributed by atoms with Gasteiger partial charge in [0.15, 0.2) is 28.7 Å². The monoisotopic (exact) mass is 542 g/mol. The van der Waals surface area contributed by atoms with E-state index in [9.17, 15) is 26.4 Å². The molecule has 0 saturated heterocycles. The Balaban J connectivity index is 1.91. The normalized spacial score (nSPS) is 14.4. The molecule has 37 heavy (non-hydrogen) atoms. The summed E-state index contributed by atoms with van der Waals surface area (Å²) in [5.41, 5.74) is -5.57. The minimum atomic E-state index is -6.10. The van der Waals surface area contributed by atoms with Gasteiger partial charge in [-0.15, -0.1) is 0 Å². The van der Waals surface area contributed by atoms with Gasteiger partial charge in [-0.1, -0.05) is 0 Å². The maximum absolute atomic E-state index is 13.3. The third kappa shape index (κ3) is 3.79. The van der Waals surface area contributed by atoms with Crippen LogP contribution in [0.1, 0.15) is 15.9 Å². The number of benzene rings is 3. The molecule has 3 aromatic carbocycles. The molecule has 2 heterocycles. The number of fused-ring (bicyclic) bond motifs is 3. The topological polar surface area (TPSA) is 116 Å². The Kier molecular flexibility index (Phi) is 5.66. The molecule has 0 aliphatic carbocycles. The van der Waals surface area contributed by atoms with Crippen LogP contribution in [0.25, 0.3) is 21.9 Å². The Morgan fingerprint density at radius 1 is 0.811 bits per heavy atom. The van der Waals surface area contributed by atoms with Crippen LogP contribution in [0.3, 0.4) is 0 Å². The van der Waals surface area contributed by atoms with Crippen LogP contribution in [0.15, 0.2) is 24.3 Å². The number of hydrogen-bond acceptors (Lipinski definition) is 10. The molecule has 3 aromatic rings. The van der Waals surface area contributed by atoms with E-state index in [1.165, 1.54) is 45.6 Å². The van der Waals surface area contributed by atoms with Crippen LogP contribution in [0, 0.1) is 0 Å². The van der Waals surface area contributed by atoms with E-state index in [0.29, 0.717) is 5.56 Å². The summed E-state index contributed by atoms with van der Waals surface area (Å²) in [6.45, 7) is -0.706. The number of cyclic esters (lactones) is 1. The van der Waals surface area contributed by atoms with Gasteiger partial charge in [-0.3, -0.25) is 0 Å². The van der Waals surface area contributed by atoms with Gasteiger partial charge in [0, 0.05) is 16.5 Å². The number of rotatable bonds is 6. The first kappa shape index (κ1) is 24.6. The zero-order valence-corrected chi connectivity index (χ0v) is 20.2. The average molecular weight is 542 g/mol. The fourth-order valence-corrected chi connectivity index (χ4v) is 4.75. The van der Waals surface area contributed by atoms with Crippen molar-refractivity contribution in [1.82, 2.24) is 0 Å². The Hall–Kier alpha value is -4.07. The quantitative estimate of drug-likeness (QED) is 0.255. The molecule has 2 aliphatic heterocycles. The van der Waals surface area contributed by atoms with Gasteiger partial charge in [0.25, 0.3) is 0 Å². The molecular formula is C23H17F3O10S. The highest BCUT2D eigenvalue weighted by Gasteiger charge is 2.49. The van der Waals surface area contributed by atoms with Gasteiger partial charge in [0.2, 0.25) is 12.5 Å². The zero-order chi connectivity index (χ0) is 26.7. The maximum atomic E-state index is 13.3. The lowest BCUT2D eigenvalue weighted by Crippen LogP contribution is -2.28. The molecule has 0 spiro atoms. The Morgan fingerprint density at radius 3 is 1.95 bits per heavy atom. The van der Waals surface area contributed by atoms with Crippen molar-refractivity contribution in [3.8, 4) is 45.6 Å². The Labute approximate surface area is 207 Å². The molecule has 5 rings (SSSR count). The van der Waals surface area contributed by atoms with E-state index < -0.39 is 34.0 Å². The first-order valence-corrected chi connectivity index (χ1v) is 11.8. The highest BCUT2D eigenvalue weighted by molar-refractivity contribution is 7.88. The number of ether oxygens (including phenoxy) is 6. The maximum Gasteiger partial charge on any atom is 0.534 e. The van der Waals surface area contributed by atoms with Gasteiger partial charge >= 0.3 is 21.6 Å². The SMILES string of the molecule is COc1cc(-c2c3c(c(OS(=O)(=O)C(F)(F)F)c4cc5c(cc24)OCO5)COC3=O)cc(OC)c1OC. The van der Waals surface area contributed by atoms with Crippen molar-refractivity contribution in [2.75, 3.05) is 28.1 Å². The van der Waals surface area contributed by atoms with E-state index in [2.05, 4.69) is 4.18 Å². The zero-order valence-electron chi connectivity index (χ0n) is 19.3. The van der Waals surface area contributed by atoms with Crippen LogP contribution in [0.2, 0.25) is 0 Å². The van der Waals surface area contributed by atoms with Crippen molar-refractivity contribution in [2.45, 2.75) is 12.1 Å². The van der Waals surface area contributed by atoms with Crippen molar-refractivity contribution in [2.24, 2.45) is 0 Å². The molecule has 2 aliphatic rings. The molecule has 196 valence electrons. The lowest BCUT2D eigenvalue weighted by atomic mass is 9.89. The van der Waals surface area contributed by atoms with Crippen LogP contribution >= 0.6 is 0 Å². The van der Waals surface area contributed by atoms with Crippen molar-refractivity contribution >= 4 is 26.9 Å². The molecular weight excluding hydrogens is 525 g/mol. The number of carbonyl (C=O) groups excluding carboxylic acids is 1. The summed E-state index contributed by atoms with van der Waals surface area (Å²) in [6, 6.07) is 5.75. The van der Waals surface area contributed by atoms with Gasteiger partial charge in [-0.05, 0) is 35.2 Å². The van der Waals surface area contributed by atoms with Gasteiger partial charge in [0.1, 0.15) is 6.61 Å². The highest BCUT2D eigenvalue weighted by atomic mass is 32.2. The highest BCUT2D eigenvalue weighted by Crippen LogP contribution is 2.51. The van der Waals surface area contributed by atoms with Crippen LogP contribution in [0.5, 0.6) is 34.5 Å². The number of hydrogen-bond donors (Lipinski definition) is 0.